The first kappa shape index (κ1) is 17.8. The maximum atomic E-state index is 13.1. The van der Waals surface area contributed by atoms with E-state index < -0.39 is 0 Å². The number of carbonyl (C=O) groups excluding carboxylic acids is 1. The number of fused-ring (bicyclic) bond motifs is 1. The highest BCUT2D eigenvalue weighted by molar-refractivity contribution is 6.00. The fourth-order valence-corrected chi connectivity index (χ4v) is 4.22. The van der Waals surface area contributed by atoms with Crippen LogP contribution in [0.4, 0.5) is 11.6 Å². The predicted molar refractivity (Wildman–Crippen MR) is 110 cm³/mol. The van der Waals surface area contributed by atoms with Gasteiger partial charge in [0.2, 0.25) is 0 Å². The van der Waals surface area contributed by atoms with Gasteiger partial charge in [-0.15, -0.1) is 0 Å². The smallest absolute Gasteiger partial charge is 0.250 e. The Kier molecular flexibility index (Phi) is 4.26. The molecule has 1 amide bonds. The summed E-state index contributed by atoms with van der Waals surface area (Å²) in [4.78, 5) is 28.8. The zero-order chi connectivity index (χ0) is 20.0. The van der Waals surface area contributed by atoms with Gasteiger partial charge in [-0.2, -0.15) is 5.10 Å². The van der Waals surface area contributed by atoms with Crippen molar-refractivity contribution in [3.05, 3.63) is 47.4 Å². The zero-order valence-electron chi connectivity index (χ0n) is 16.6. The number of aryl methyl sites for hydroxylation is 3. The van der Waals surface area contributed by atoms with Crippen molar-refractivity contribution in [2.45, 2.75) is 38.6 Å². The van der Waals surface area contributed by atoms with Crippen molar-refractivity contribution in [3.63, 3.8) is 0 Å². The molecular weight excluding hydrogens is 366 g/mol. The van der Waals surface area contributed by atoms with Gasteiger partial charge in [-0.25, -0.2) is 9.97 Å². The van der Waals surface area contributed by atoms with E-state index in [0.717, 1.165) is 60.0 Å². The maximum Gasteiger partial charge on any atom is 0.250 e. The Bertz CT molecular complexity index is 1080. The fraction of sp³-hybridized carbons (Fsp3) is 0.381. The lowest BCUT2D eigenvalue weighted by atomic mass is 10.2. The number of pyridine rings is 1. The molecule has 5 rings (SSSR count). The first-order valence-corrected chi connectivity index (χ1v) is 10.00. The molecule has 4 heterocycles. The second kappa shape index (κ2) is 6.95. The van der Waals surface area contributed by atoms with Crippen LogP contribution in [0.3, 0.4) is 0 Å². The average Bonchev–Trinajstić information content (AvgIpc) is 3.42. The summed E-state index contributed by atoms with van der Waals surface area (Å²) in [6.45, 7) is 2.60. The molecule has 0 aromatic carbocycles. The van der Waals surface area contributed by atoms with Crippen molar-refractivity contribution in [2.75, 3.05) is 16.8 Å². The van der Waals surface area contributed by atoms with Crippen LogP contribution in [0.15, 0.2) is 30.5 Å². The van der Waals surface area contributed by atoms with Crippen molar-refractivity contribution in [1.29, 1.82) is 0 Å². The SMILES string of the molecule is Cc1cc(N2CCC(Nc3nc(-c4ccccn4)nc4c3CCC4)C2=O)n(C)n1. The molecule has 8 heteroatoms. The molecule has 1 aliphatic heterocycles. The van der Waals surface area contributed by atoms with Gasteiger partial charge in [-0.3, -0.25) is 19.4 Å². The monoisotopic (exact) mass is 389 g/mol. The van der Waals surface area contributed by atoms with E-state index in [4.69, 9.17) is 9.97 Å². The van der Waals surface area contributed by atoms with Crippen LogP contribution < -0.4 is 10.2 Å². The molecule has 3 aromatic heterocycles. The Morgan fingerprint density at radius 2 is 2.10 bits per heavy atom. The first-order chi connectivity index (χ1) is 14.1. The summed E-state index contributed by atoms with van der Waals surface area (Å²) in [5, 5.41) is 7.79. The van der Waals surface area contributed by atoms with Gasteiger partial charge < -0.3 is 5.32 Å². The summed E-state index contributed by atoms with van der Waals surface area (Å²) in [6, 6.07) is 7.36. The molecule has 0 radical (unpaired) electrons. The highest BCUT2D eigenvalue weighted by atomic mass is 16.2. The summed E-state index contributed by atoms with van der Waals surface area (Å²) in [5.74, 6) is 2.27. The van der Waals surface area contributed by atoms with Crippen LogP contribution in [0.25, 0.3) is 11.5 Å². The van der Waals surface area contributed by atoms with Crippen LogP contribution in [0.5, 0.6) is 0 Å². The highest BCUT2D eigenvalue weighted by Gasteiger charge is 2.35. The van der Waals surface area contributed by atoms with Gasteiger partial charge in [0.05, 0.1) is 5.69 Å². The summed E-state index contributed by atoms with van der Waals surface area (Å²) in [6.07, 6.45) is 5.40. The molecule has 0 saturated carbocycles. The number of rotatable bonds is 4. The minimum Gasteiger partial charge on any atom is -0.358 e. The van der Waals surface area contributed by atoms with Crippen molar-refractivity contribution in [1.82, 2.24) is 24.7 Å². The normalized spacial score (nSPS) is 18.3. The number of amides is 1. The Balaban J connectivity index is 1.44. The van der Waals surface area contributed by atoms with Gasteiger partial charge in [0.25, 0.3) is 5.91 Å². The van der Waals surface area contributed by atoms with Crippen molar-refractivity contribution in [2.24, 2.45) is 7.05 Å². The molecule has 148 valence electrons. The summed E-state index contributed by atoms with van der Waals surface area (Å²) < 4.78 is 1.76. The molecule has 0 bridgehead atoms. The van der Waals surface area contributed by atoms with Crippen LogP contribution in [0.2, 0.25) is 0 Å². The standard InChI is InChI=1S/C21H23N7O/c1-13-12-18(27(2)26-13)28-11-9-17(21(28)29)24-19-14-6-5-8-15(14)23-20(25-19)16-7-3-4-10-22-16/h3-4,7,10,12,17H,5-6,8-9,11H2,1-2H3,(H,23,24,25). The van der Waals surface area contributed by atoms with Crippen LogP contribution in [0.1, 0.15) is 29.8 Å². The minimum absolute atomic E-state index is 0.0535. The predicted octanol–water partition coefficient (Wildman–Crippen LogP) is 2.29. The van der Waals surface area contributed by atoms with Crippen molar-refractivity contribution < 1.29 is 4.79 Å². The third-order valence-electron chi connectivity index (χ3n) is 5.60. The second-order valence-corrected chi connectivity index (χ2v) is 7.63. The fourth-order valence-electron chi connectivity index (χ4n) is 4.22. The van der Waals surface area contributed by atoms with Crippen LogP contribution in [-0.4, -0.2) is 43.2 Å². The van der Waals surface area contributed by atoms with E-state index in [1.807, 2.05) is 38.2 Å². The van der Waals surface area contributed by atoms with Gasteiger partial charge in [-0.05, 0) is 44.7 Å². The molecule has 1 N–H and O–H groups in total. The van der Waals surface area contributed by atoms with Crippen LogP contribution >= 0.6 is 0 Å². The molecule has 29 heavy (non-hydrogen) atoms. The van der Waals surface area contributed by atoms with Crippen molar-refractivity contribution >= 4 is 17.5 Å². The topological polar surface area (TPSA) is 88.8 Å². The average molecular weight is 389 g/mol. The maximum absolute atomic E-state index is 13.1. The Morgan fingerprint density at radius 1 is 1.21 bits per heavy atom. The van der Waals surface area contributed by atoms with Crippen LogP contribution in [0, 0.1) is 6.92 Å². The third-order valence-corrected chi connectivity index (χ3v) is 5.60. The van der Waals surface area contributed by atoms with Gasteiger partial charge in [-0.1, -0.05) is 6.07 Å². The number of anilines is 2. The Morgan fingerprint density at radius 3 is 2.86 bits per heavy atom. The number of hydrogen-bond acceptors (Lipinski definition) is 6. The molecular formula is C21H23N7O. The summed E-state index contributed by atoms with van der Waals surface area (Å²) in [7, 11) is 1.87. The minimum atomic E-state index is -0.304. The molecule has 1 fully saturated rings. The largest absolute Gasteiger partial charge is 0.358 e. The molecule has 8 nitrogen and oxygen atoms in total. The number of carbonyl (C=O) groups is 1. The number of aromatic nitrogens is 5. The first-order valence-electron chi connectivity index (χ1n) is 10.00. The molecule has 1 unspecified atom stereocenters. The molecule has 0 spiro atoms. The van der Waals surface area contributed by atoms with Crippen LogP contribution in [-0.2, 0) is 24.7 Å². The van der Waals surface area contributed by atoms with Gasteiger partial charge in [0.1, 0.15) is 23.4 Å². The molecule has 1 saturated heterocycles. The van der Waals surface area contributed by atoms with E-state index in [2.05, 4.69) is 15.4 Å². The lowest BCUT2D eigenvalue weighted by molar-refractivity contribution is -0.117. The number of nitrogens with one attached hydrogen (secondary N) is 1. The lowest BCUT2D eigenvalue weighted by Crippen LogP contribution is -2.35. The zero-order valence-corrected chi connectivity index (χ0v) is 16.6. The number of nitrogens with zero attached hydrogens (tertiary/aromatic N) is 6. The molecule has 2 aliphatic rings. The number of hydrogen-bond donors (Lipinski definition) is 1. The Labute approximate surface area is 169 Å². The molecule has 3 aromatic rings. The summed E-state index contributed by atoms with van der Waals surface area (Å²) in [5.41, 5.74) is 3.84. The lowest BCUT2D eigenvalue weighted by Gasteiger charge is -2.18. The quantitative estimate of drug-likeness (QED) is 0.736. The second-order valence-electron chi connectivity index (χ2n) is 7.63. The van der Waals surface area contributed by atoms with E-state index in [1.54, 1.807) is 15.8 Å². The van der Waals surface area contributed by atoms with E-state index in [9.17, 15) is 4.79 Å². The third kappa shape index (κ3) is 3.14. The van der Waals surface area contributed by atoms with Gasteiger partial charge >= 0.3 is 0 Å². The van der Waals surface area contributed by atoms with Gasteiger partial charge in [0.15, 0.2) is 5.82 Å². The summed E-state index contributed by atoms with van der Waals surface area (Å²) >= 11 is 0. The Hall–Kier alpha value is -3.29. The van der Waals surface area contributed by atoms with E-state index in [1.165, 1.54) is 0 Å². The highest BCUT2D eigenvalue weighted by Crippen LogP contribution is 2.31. The van der Waals surface area contributed by atoms with E-state index in [0.29, 0.717) is 12.4 Å². The van der Waals surface area contributed by atoms with Crippen molar-refractivity contribution in [3.8, 4) is 11.5 Å². The van der Waals surface area contributed by atoms with E-state index in [-0.39, 0.29) is 11.9 Å². The molecule has 1 atom stereocenters. The van der Waals surface area contributed by atoms with E-state index >= 15 is 0 Å². The van der Waals surface area contributed by atoms with Gasteiger partial charge in [0, 0.05) is 37.1 Å². The molecule has 1 aliphatic carbocycles.